The summed E-state index contributed by atoms with van der Waals surface area (Å²) in [7, 11) is 0. The summed E-state index contributed by atoms with van der Waals surface area (Å²) in [6.07, 6.45) is 0. The molecule has 0 aliphatic carbocycles. The molecule has 3 rings (SSSR count). The third kappa shape index (κ3) is 5.85. The average Bonchev–Trinajstić information content (AvgIpc) is 3.17. The van der Waals surface area contributed by atoms with Gasteiger partial charge >= 0.3 is 5.97 Å². The number of amides is 1. The third-order valence-corrected chi connectivity index (χ3v) is 4.07. The third-order valence-electron chi connectivity index (χ3n) is 4.07. The molecule has 31 heavy (non-hydrogen) atoms. The molecular formula is C20H18N4O7. The molecule has 0 saturated heterocycles. The van der Waals surface area contributed by atoms with Gasteiger partial charge in [0.15, 0.2) is 13.2 Å². The van der Waals surface area contributed by atoms with Gasteiger partial charge in [-0.2, -0.15) is 4.98 Å². The van der Waals surface area contributed by atoms with Crippen molar-refractivity contribution in [3.8, 4) is 5.75 Å². The van der Waals surface area contributed by atoms with Gasteiger partial charge in [0.2, 0.25) is 11.7 Å². The van der Waals surface area contributed by atoms with Crippen molar-refractivity contribution < 1.29 is 28.5 Å². The summed E-state index contributed by atoms with van der Waals surface area (Å²) in [4.78, 5) is 38.5. The predicted molar refractivity (Wildman–Crippen MR) is 107 cm³/mol. The molecule has 0 fully saturated rings. The van der Waals surface area contributed by atoms with Crippen LogP contribution in [-0.2, 0) is 16.1 Å². The molecule has 11 heteroatoms. The molecule has 0 unspecified atom stereocenters. The molecular weight excluding hydrogens is 408 g/mol. The van der Waals surface area contributed by atoms with Crippen LogP contribution in [0.5, 0.6) is 5.75 Å². The van der Waals surface area contributed by atoms with Gasteiger partial charge in [-0.05, 0) is 36.8 Å². The molecule has 0 aliphatic rings. The number of hydrogen-bond donors (Lipinski definition) is 1. The van der Waals surface area contributed by atoms with Crippen molar-refractivity contribution >= 4 is 23.3 Å². The molecule has 1 heterocycles. The first-order valence-corrected chi connectivity index (χ1v) is 9.06. The van der Waals surface area contributed by atoms with Gasteiger partial charge in [0.05, 0.1) is 16.2 Å². The van der Waals surface area contributed by atoms with Gasteiger partial charge in [-0.25, -0.2) is 4.79 Å². The van der Waals surface area contributed by atoms with Crippen LogP contribution in [0.1, 0.15) is 27.6 Å². The zero-order valence-corrected chi connectivity index (χ0v) is 16.7. The summed E-state index contributed by atoms with van der Waals surface area (Å²) in [6.45, 7) is 2.92. The van der Waals surface area contributed by atoms with Crippen molar-refractivity contribution in [2.45, 2.75) is 20.5 Å². The number of nitro benzene ring substituents is 1. The highest BCUT2D eigenvalue weighted by Crippen LogP contribution is 2.21. The number of carbonyl (C=O) groups excluding carboxylic acids is 2. The second-order valence-electron chi connectivity index (χ2n) is 6.42. The largest absolute Gasteiger partial charge is 0.485 e. The maximum Gasteiger partial charge on any atom is 0.338 e. The number of esters is 1. The van der Waals surface area contributed by atoms with Crippen molar-refractivity contribution in [1.82, 2.24) is 10.1 Å². The Morgan fingerprint density at radius 2 is 1.90 bits per heavy atom. The highest BCUT2D eigenvalue weighted by atomic mass is 16.6. The number of rotatable bonds is 8. The first kappa shape index (κ1) is 21.4. The Morgan fingerprint density at radius 1 is 1.16 bits per heavy atom. The lowest BCUT2D eigenvalue weighted by molar-refractivity contribution is -0.384. The number of ether oxygens (including phenoxy) is 2. The van der Waals surface area contributed by atoms with E-state index in [9.17, 15) is 19.7 Å². The Bertz CT molecular complexity index is 1110. The number of anilines is 1. The molecule has 1 aromatic heterocycles. The molecule has 0 atom stereocenters. The first-order chi connectivity index (χ1) is 14.8. The fraction of sp³-hybridized carbons (Fsp3) is 0.200. The lowest BCUT2D eigenvalue weighted by atomic mass is 10.2. The lowest BCUT2D eigenvalue weighted by Crippen LogP contribution is -2.21. The van der Waals surface area contributed by atoms with Gasteiger partial charge in [0.1, 0.15) is 5.75 Å². The Labute approximate surface area is 176 Å². The summed E-state index contributed by atoms with van der Waals surface area (Å²) >= 11 is 0. The number of aromatic nitrogens is 2. The SMILES string of the molecule is Cc1nc(COc2ccc(C(=O)OCC(=O)Nc3cc([N+](=O)[O-])ccc3C)cc2)no1. The maximum absolute atomic E-state index is 12.1. The van der Waals surface area contributed by atoms with E-state index in [2.05, 4.69) is 15.5 Å². The van der Waals surface area contributed by atoms with Crippen LogP contribution in [0.25, 0.3) is 0 Å². The Balaban J connectivity index is 1.50. The monoisotopic (exact) mass is 426 g/mol. The smallest absolute Gasteiger partial charge is 0.338 e. The van der Waals surface area contributed by atoms with Gasteiger partial charge < -0.3 is 19.3 Å². The highest BCUT2D eigenvalue weighted by Gasteiger charge is 2.14. The molecule has 0 bridgehead atoms. The van der Waals surface area contributed by atoms with E-state index < -0.39 is 23.4 Å². The van der Waals surface area contributed by atoms with Crippen LogP contribution < -0.4 is 10.1 Å². The van der Waals surface area contributed by atoms with Crippen molar-refractivity contribution in [2.75, 3.05) is 11.9 Å². The van der Waals surface area contributed by atoms with Crippen LogP contribution in [0.15, 0.2) is 47.0 Å². The molecule has 0 radical (unpaired) electrons. The Hall–Kier alpha value is -4.28. The van der Waals surface area contributed by atoms with Crippen molar-refractivity contribution in [3.05, 3.63) is 75.4 Å². The van der Waals surface area contributed by atoms with Gasteiger partial charge in [-0.3, -0.25) is 14.9 Å². The van der Waals surface area contributed by atoms with Crippen molar-refractivity contribution in [1.29, 1.82) is 0 Å². The molecule has 11 nitrogen and oxygen atoms in total. The van der Waals surface area contributed by atoms with E-state index in [-0.39, 0.29) is 23.5 Å². The summed E-state index contributed by atoms with van der Waals surface area (Å²) in [5.74, 6) is -0.0104. The molecule has 0 aliphatic heterocycles. The van der Waals surface area contributed by atoms with E-state index >= 15 is 0 Å². The summed E-state index contributed by atoms with van der Waals surface area (Å²) in [6, 6.07) is 10.2. The fourth-order valence-electron chi connectivity index (χ4n) is 2.49. The predicted octanol–water partition coefficient (Wildman–Crippen LogP) is 2.97. The molecule has 0 spiro atoms. The van der Waals surface area contributed by atoms with E-state index in [0.717, 1.165) is 0 Å². The van der Waals surface area contributed by atoms with E-state index in [0.29, 0.717) is 23.0 Å². The minimum atomic E-state index is -0.703. The van der Waals surface area contributed by atoms with Crippen LogP contribution in [0.2, 0.25) is 0 Å². The maximum atomic E-state index is 12.1. The Kier molecular flexibility index (Phi) is 6.55. The van der Waals surface area contributed by atoms with Crippen LogP contribution in [0, 0.1) is 24.0 Å². The van der Waals surface area contributed by atoms with Gasteiger partial charge in [0, 0.05) is 19.1 Å². The van der Waals surface area contributed by atoms with E-state index in [1.807, 2.05) is 0 Å². The second-order valence-corrected chi connectivity index (χ2v) is 6.42. The fourth-order valence-corrected chi connectivity index (χ4v) is 2.49. The number of benzene rings is 2. The molecule has 160 valence electrons. The van der Waals surface area contributed by atoms with Crippen LogP contribution in [-0.4, -0.2) is 33.5 Å². The van der Waals surface area contributed by atoms with Crippen molar-refractivity contribution in [3.63, 3.8) is 0 Å². The molecule has 2 aromatic carbocycles. The first-order valence-electron chi connectivity index (χ1n) is 9.06. The zero-order chi connectivity index (χ0) is 22.4. The summed E-state index contributed by atoms with van der Waals surface area (Å²) < 4.78 is 15.3. The van der Waals surface area contributed by atoms with E-state index in [1.54, 1.807) is 26.0 Å². The topological polar surface area (TPSA) is 147 Å². The quantitative estimate of drug-likeness (QED) is 0.326. The van der Waals surface area contributed by atoms with Crippen LogP contribution in [0.4, 0.5) is 11.4 Å². The number of nitrogens with one attached hydrogen (secondary N) is 1. The lowest BCUT2D eigenvalue weighted by Gasteiger charge is -2.09. The normalized spacial score (nSPS) is 10.4. The van der Waals surface area contributed by atoms with E-state index in [4.69, 9.17) is 14.0 Å². The number of non-ortho nitro benzene ring substituents is 1. The zero-order valence-electron chi connectivity index (χ0n) is 16.7. The van der Waals surface area contributed by atoms with Gasteiger partial charge in [-0.1, -0.05) is 11.2 Å². The average molecular weight is 426 g/mol. The molecule has 1 N–H and O–H groups in total. The second kappa shape index (κ2) is 9.48. The van der Waals surface area contributed by atoms with E-state index in [1.165, 1.54) is 30.3 Å². The number of nitrogens with zero attached hydrogens (tertiary/aromatic N) is 3. The number of hydrogen-bond acceptors (Lipinski definition) is 9. The number of aryl methyl sites for hydroxylation is 2. The molecule has 1 amide bonds. The minimum Gasteiger partial charge on any atom is -0.485 e. The summed E-state index contributed by atoms with van der Waals surface area (Å²) in [5, 5.41) is 17.1. The van der Waals surface area contributed by atoms with Gasteiger partial charge in [-0.15, -0.1) is 0 Å². The summed E-state index contributed by atoms with van der Waals surface area (Å²) in [5.41, 5.74) is 0.974. The Morgan fingerprint density at radius 3 is 2.55 bits per heavy atom. The highest BCUT2D eigenvalue weighted by molar-refractivity contribution is 5.96. The molecule has 0 saturated carbocycles. The number of carbonyl (C=O) groups is 2. The number of nitro groups is 1. The van der Waals surface area contributed by atoms with Crippen LogP contribution in [0.3, 0.4) is 0 Å². The molecule has 3 aromatic rings. The minimum absolute atomic E-state index is 0.109. The standard InChI is InChI=1S/C20H18N4O7/c1-12-3-6-15(24(27)28)9-17(12)22-19(25)11-30-20(26)14-4-7-16(8-5-14)29-10-18-21-13(2)31-23-18/h3-9H,10-11H2,1-2H3,(H,22,25). The van der Waals surface area contributed by atoms with Crippen LogP contribution >= 0.6 is 0 Å². The van der Waals surface area contributed by atoms with Crippen molar-refractivity contribution in [2.24, 2.45) is 0 Å². The van der Waals surface area contributed by atoms with Gasteiger partial charge in [0.25, 0.3) is 11.6 Å².